The molecule has 6 nitrogen and oxygen atoms in total. The van der Waals surface area contributed by atoms with Crippen LogP contribution >= 0.6 is 11.8 Å². The third kappa shape index (κ3) is 4.51. The summed E-state index contributed by atoms with van der Waals surface area (Å²) in [5, 5.41) is -0.480. The van der Waals surface area contributed by atoms with Gasteiger partial charge in [-0.15, -0.1) is 0 Å². The van der Waals surface area contributed by atoms with E-state index in [0.29, 0.717) is 16.9 Å². The Morgan fingerprint density at radius 1 is 1.04 bits per heavy atom. The molecule has 2 amide bonds. The zero-order valence-corrected chi connectivity index (χ0v) is 15.2. The minimum absolute atomic E-state index is 0.237. The number of thioether (sulfide) groups is 1. The van der Waals surface area contributed by atoms with E-state index in [1.807, 2.05) is 0 Å². The number of hydrogen-bond acceptors (Lipinski definition) is 6. The molecule has 0 atom stereocenters. The molecule has 1 aliphatic heterocycles. The van der Waals surface area contributed by atoms with Crippen LogP contribution in [0.25, 0.3) is 6.08 Å². The summed E-state index contributed by atoms with van der Waals surface area (Å²) in [6.45, 7) is 1.01. The fraction of sp³-hybridized carbons (Fsp3) is 0.100. The van der Waals surface area contributed by atoms with Gasteiger partial charge in [0.05, 0.1) is 11.4 Å². The van der Waals surface area contributed by atoms with E-state index in [2.05, 4.69) is 0 Å². The van der Waals surface area contributed by atoms with Crippen molar-refractivity contribution in [1.29, 1.82) is 0 Å². The zero-order valence-electron chi connectivity index (χ0n) is 14.4. The summed E-state index contributed by atoms with van der Waals surface area (Å²) in [6, 6.07) is 15.0. The lowest BCUT2D eigenvalue weighted by Gasteiger charge is -2.11. The summed E-state index contributed by atoms with van der Waals surface area (Å²) < 4.78 is 4.95. The number of carbonyl (C=O) groups excluding carboxylic acids is 4. The van der Waals surface area contributed by atoms with Crippen molar-refractivity contribution in [3.63, 3.8) is 0 Å². The Hall–Kier alpha value is -3.19. The van der Waals surface area contributed by atoms with Crippen LogP contribution in [0.15, 0.2) is 59.5 Å². The van der Waals surface area contributed by atoms with Gasteiger partial charge in [0.25, 0.3) is 11.1 Å². The summed E-state index contributed by atoms with van der Waals surface area (Å²) in [7, 11) is 0. The standard InChI is InChI=1S/C20H15NO5S/c1-13(22)26-16-9-7-14(8-10-16)11-18-19(24)21(20(25)27-18)12-17(23)15-5-3-2-4-6-15/h2-11H,12H2,1H3/b18-11+. The van der Waals surface area contributed by atoms with E-state index in [1.165, 1.54) is 6.92 Å². The maximum absolute atomic E-state index is 12.5. The van der Waals surface area contributed by atoms with Gasteiger partial charge in [-0.25, -0.2) is 0 Å². The van der Waals surface area contributed by atoms with Crippen molar-refractivity contribution in [3.8, 4) is 5.75 Å². The van der Waals surface area contributed by atoms with Crippen LogP contribution in [0.1, 0.15) is 22.8 Å². The number of ether oxygens (including phenoxy) is 1. The van der Waals surface area contributed by atoms with Crippen LogP contribution in [0.5, 0.6) is 5.75 Å². The summed E-state index contributed by atoms with van der Waals surface area (Å²) in [4.78, 5) is 49.0. The number of rotatable bonds is 5. The van der Waals surface area contributed by atoms with Gasteiger partial charge in [0.1, 0.15) is 5.75 Å². The highest BCUT2D eigenvalue weighted by atomic mass is 32.2. The van der Waals surface area contributed by atoms with E-state index in [9.17, 15) is 19.2 Å². The third-order valence-corrected chi connectivity index (χ3v) is 4.62. The highest BCUT2D eigenvalue weighted by molar-refractivity contribution is 8.18. The van der Waals surface area contributed by atoms with Crippen molar-refractivity contribution >= 4 is 40.7 Å². The molecule has 3 rings (SSSR count). The van der Waals surface area contributed by atoms with Crippen molar-refractivity contribution in [2.45, 2.75) is 6.92 Å². The Bertz CT molecular complexity index is 935. The van der Waals surface area contributed by atoms with E-state index in [1.54, 1.807) is 60.7 Å². The highest BCUT2D eigenvalue weighted by Crippen LogP contribution is 2.32. The molecule has 136 valence electrons. The summed E-state index contributed by atoms with van der Waals surface area (Å²) >= 11 is 0.790. The van der Waals surface area contributed by atoms with Crippen LogP contribution < -0.4 is 4.74 Å². The SMILES string of the molecule is CC(=O)Oc1ccc(/C=C2/SC(=O)N(CC(=O)c3ccccc3)C2=O)cc1. The van der Waals surface area contributed by atoms with Crippen LogP contribution in [0.4, 0.5) is 4.79 Å². The monoisotopic (exact) mass is 381 g/mol. The Morgan fingerprint density at radius 3 is 2.33 bits per heavy atom. The Morgan fingerprint density at radius 2 is 1.70 bits per heavy atom. The minimum atomic E-state index is -0.502. The van der Waals surface area contributed by atoms with E-state index < -0.39 is 17.1 Å². The number of ketones is 1. The number of amides is 2. The molecule has 1 aliphatic rings. The minimum Gasteiger partial charge on any atom is -0.427 e. The maximum Gasteiger partial charge on any atom is 0.308 e. The van der Waals surface area contributed by atoms with Crippen LogP contribution in [0.3, 0.4) is 0 Å². The molecular formula is C20H15NO5S. The lowest BCUT2D eigenvalue weighted by molar-refractivity contribution is -0.131. The Balaban J connectivity index is 1.72. The lowest BCUT2D eigenvalue weighted by Crippen LogP contribution is -2.33. The van der Waals surface area contributed by atoms with Gasteiger partial charge in [-0.05, 0) is 35.5 Å². The van der Waals surface area contributed by atoms with Crippen LogP contribution in [-0.4, -0.2) is 34.3 Å². The normalized spacial score (nSPS) is 15.3. The van der Waals surface area contributed by atoms with E-state index in [0.717, 1.165) is 16.7 Å². The van der Waals surface area contributed by atoms with Gasteiger partial charge in [0.2, 0.25) is 0 Å². The summed E-state index contributed by atoms with van der Waals surface area (Å²) in [6.07, 6.45) is 1.56. The fourth-order valence-corrected chi connectivity index (χ4v) is 3.28. The van der Waals surface area contributed by atoms with Crippen LogP contribution in [0, 0.1) is 0 Å². The van der Waals surface area contributed by atoms with Gasteiger partial charge in [0, 0.05) is 12.5 Å². The fourth-order valence-electron chi connectivity index (χ4n) is 2.44. The number of nitrogens with zero attached hydrogens (tertiary/aromatic N) is 1. The molecule has 1 saturated heterocycles. The van der Waals surface area contributed by atoms with Crippen molar-refractivity contribution < 1.29 is 23.9 Å². The van der Waals surface area contributed by atoms with Crippen LogP contribution in [-0.2, 0) is 9.59 Å². The molecule has 0 radical (unpaired) electrons. The quantitative estimate of drug-likeness (QED) is 0.341. The smallest absolute Gasteiger partial charge is 0.308 e. The molecule has 1 heterocycles. The first kappa shape index (κ1) is 18.6. The molecule has 0 saturated carbocycles. The van der Waals surface area contributed by atoms with Gasteiger partial charge in [0.15, 0.2) is 5.78 Å². The number of Topliss-reactive ketones (excluding diaryl/α,β-unsaturated/α-hetero) is 1. The Labute approximate surface area is 159 Å². The molecule has 27 heavy (non-hydrogen) atoms. The molecule has 2 aromatic carbocycles. The van der Waals surface area contributed by atoms with Gasteiger partial charge in [-0.2, -0.15) is 0 Å². The molecule has 0 spiro atoms. The van der Waals surface area contributed by atoms with Gasteiger partial charge in [-0.3, -0.25) is 24.1 Å². The molecule has 0 unspecified atom stereocenters. The number of imide groups is 1. The predicted molar refractivity (Wildman–Crippen MR) is 101 cm³/mol. The molecule has 0 bridgehead atoms. The molecule has 0 aromatic heterocycles. The first-order valence-corrected chi connectivity index (χ1v) is 8.88. The lowest BCUT2D eigenvalue weighted by atomic mass is 10.1. The first-order valence-electron chi connectivity index (χ1n) is 8.06. The van der Waals surface area contributed by atoms with Crippen molar-refractivity contribution in [2.75, 3.05) is 6.54 Å². The molecular weight excluding hydrogens is 366 g/mol. The molecule has 7 heteroatoms. The largest absolute Gasteiger partial charge is 0.427 e. The number of benzene rings is 2. The molecule has 0 aliphatic carbocycles. The highest BCUT2D eigenvalue weighted by Gasteiger charge is 2.36. The summed E-state index contributed by atoms with van der Waals surface area (Å²) in [5.41, 5.74) is 1.12. The third-order valence-electron chi connectivity index (χ3n) is 3.71. The topological polar surface area (TPSA) is 80.8 Å². The van der Waals surface area contributed by atoms with Crippen molar-refractivity contribution in [1.82, 2.24) is 4.90 Å². The van der Waals surface area contributed by atoms with Gasteiger partial charge in [-0.1, -0.05) is 42.5 Å². The van der Waals surface area contributed by atoms with Gasteiger partial charge >= 0.3 is 5.97 Å². The first-order chi connectivity index (χ1) is 12.9. The molecule has 1 fully saturated rings. The average Bonchev–Trinajstić information content (AvgIpc) is 2.91. The number of carbonyl (C=O) groups is 4. The summed E-state index contributed by atoms with van der Waals surface area (Å²) in [5.74, 6) is -0.837. The zero-order chi connectivity index (χ0) is 19.4. The van der Waals surface area contributed by atoms with Crippen molar-refractivity contribution in [3.05, 3.63) is 70.6 Å². The molecule has 0 N–H and O–H groups in total. The van der Waals surface area contributed by atoms with E-state index in [4.69, 9.17) is 4.74 Å². The van der Waals surface area contributed by atoms with E-state index >= 15 is 0 Å². The second-order valence-corrected chi connectivity index (χ2v) is 6.71. The molecule has 2 aromatic rings. The second-order valence-electron chi connectivity index (χ2n) is 5.72. The Kier molecular flexibility index (Phi) is 5.52. The number of hydrogen-bond donors (Lipinski definition) is 0. The predicted octanol–water partition coefficient (Wildman–Crippen LogP) is 3.53. The maximum atomic E-state index is 12.5. The average molecular weight is 381 g/mol. The van der Waals surface area contributed by atoms with E-state index in [-0.39, 0.29) is 17.2 Å². The second kappa shape index (κ2) is 8.01. The van der Waals surface area contributed by atoms with Crippen LogP contribution in [0.2, 0.25) is 0 Å². The van der Waals surface area contributed by atoms with Gasteiger partial charge < -0.3 is 4.74 Å². The number of esters is 1. The van der Waals surface area contributed by atoms with Crippen molar-refractivity contribution in [2.24, 2.45) is 0 Å².